The molecule has 0 radical (unpaired) electrons. The van der Waals surface area contributed by atoms with Gasteiger partial charge in [-0.1, -0.05) is 78.9 Å². The molecule has 2 amide bonds. The minimum Gasteiger partial charge on any atom is -0.448 e. The molecule has 0 saturated heterocycles. The summed E-state index contributed by atoms with van der Waals surface area (Å²) in [6, 6.07) is 16.5. The van der Waals surface area contributed by atoms with Crippen molar-refractivity contribution in [1.82, 2.24) is 10.2 Å². The topological polar surface area (TPSA) is 78.9 Å². The summed E-state index contributed by atoms with van der Waals surface area (Å²) in [6.07, 6.45) is -0.476. The van der Waals surface area contributed by atoms with Crippen LogP contribution in [0.4, 0.5) is 4.79 Å². The number of rotatable bonds is 9. The van der Waals surface area contributed by atoms with Gasteiger partial charge in [-0.05, 0) is 29.2 Å². The standard InChI is InChI=1S/C27H34N2O4Si/c1-18-23(26(18)34(2,3)4)15-29(16-25(31)28-13-14-30)27(32)33-17-24-21-11-7-5-9-19(21)20-10-6-8-12-22(20)24/h5-12,23-24,30H,13-17H2,1-4H3,(H,28,31). The zero-order valence-corrected chi connectivity index (χ0v) is 21.4. The minimum atomic E-state index is -1.46. The van der Waals surface area contributed by atoms with Gasteiger partial charge in [0.1, 0.15) is 13.2 Å². The highest BCUT2D eigenvalue weighted by Gasteiger charge is 2.43. The maximum Gasteiger partial charge on any atom is 0.410 e. The average Bonchev–Trinajstić information content (AvgIpc) is 3.35. The number of ether oxygens (including phenoxy) is 1. The number of fused-ring (bicyclic) bond motifs is 3. The number of hydrogen-bond donors (Lipinski definition) is 2. The van der Waals surface area contributed by atoms with E-state index in [-0.39, 0.29) is 44.0 Å². The summed E-state index contributed by atoms with van der Waals surface area (Å²) in [5.41, 5.74) is 6.01. The number of carbonyl (C=O) groups excluding carboxylic acids is 2. The monoisotopic (exact) mass is 478 g/mol. The Kier molecular flexibility index (Phi) is 6.95. The fourth-order valence-corrected chi connectivity index (χ4v) is 7.91. The van der Waals surface area contributed by atoms with Crippen LogP contribution in [0.2, 0.25) is 19.6 Å². The molecule has 1 atom stereocenters. The van der Waals surface area contributed by atoms with Gasteiger partial charge < -0.3 is 15.2 Å². The molecule has 2 aliphatic rings. The van der Waals surface area contributed by atoms with Gasteiger partial charge in [0.05, 0.1) is 14.7 Å². The second-order valence-electron chi connectivity index (χ2n) is 10.2. The first-order valence-corrected chi connectivity index (χ1v) is 15.4. The number of benzene rings is 2. The molecule has 1 unspecified atom stereocenters. The number of nitrogens with one attached hydrogen (secondary N) is 1. The van der Waals surface area contributed by atoms with E-state index in [2.05, 4.69) is 56.1 Å². The number of nitrogens with zero attached hydrogens (tertiary/aromatic N) is 1. The highest BCUT2D eigenvalue weighted by molar-refractivity contribution is 6.84. The molecule has 4 rings (SSSR count). The first-order valence-electron chi connectivity index (χ1n) is 11.9. The van der Waals surface area contributed by atoms with Crippen LogP contribution in [0.15, 0.2) is 59.3 Å². The summed E-state index contributed by atoms with van der Waals surface area (Å²) in [7, 11) is -1.46. The van der Waals surface area contributed by atoms with E-state index >= 15 is 0 Å². The van der Waals surface area contributed by atoms with Crippen LogP contribution in [0.1, 0.15) is 24.0 Å². The summed E-state index contributed by atoms with van der Waals surface area (Å²) < 4.78 is 5.84. The van der Waals surface area contributed by atoms with Crippen LogP contribution in [0, 0.1) is 5.92 Å². The van der Waals surface area contributed by atoms with E-state index in [0.29, 0.717) is 6.54 Å². The largest absolute Gasteiger partial charge is 0.448 e. The molecule has 0 aromatic heterocycles. The Labute approximate surface area is 202 Å². The molecule has 34 heavy (non-hydrogen) atoms. The van der Waals surface area contributed by atoms with Crippen LogP contribution in [0.5, 0.6) is 0 Å². The van der Waals surface area contributed by atoms with Gasteiger partial charge in [-0.25, -0.2) is 4.79 Å². The van der Waals surface area contributed by atoms with Crippen LogP contribution in [0.25, 0.3) is 11.1 Å². The van der Waals surface area contributed by atoms with E-state index in [1.54, 1.807) is 0 Å². The van der Waals surface area contributed by atoms with Gasteiger partial charge in [-0.3, -0.25) is 9.69 Å². The molecule has 0 fully saturated rings. The average molecular weight is 479 g/mol. The Morgan fingerprint density at radius 2 is 1.59 bits per heavy atom. The highest BCUT2D eigenvalue weighted by atomic mass is 28.3. The van der Waals surface area contributed by atoms with Crippen molar-refractivity contribution in [1.29, 1.82) is 0 Å². The molecule has 0 bridgehead atoms. The van der Waals surface area contributed by atoms with E-state index in [9.17, 15) is 9.59 Å². The third-order valence-corrected chi connectivity index (χ3v) is 9.15. The molecule has 6 nitrogen and oxygen atoms in total. The second kappa shape index (κ2) is 9.76. The van der Waals surface area contributed by atoms with Gasteiger partial charge in [0.2, 0.25) is 5.91 Å². The molecule has 0 heterocycles. The van der Waals surface area contributed by atoms with E-state index < -0.39 is 14.2 Å². The van der Waals surface area contributed by atoms with Crippen molar-refractivity contribution in [3.05, 3.63) is 70.4 Å². The van der Waals surface area contributed by atoms with Crippen molar-refractivity contribution >= 4 is 20.1 Å². The third kappa shape index (κ3) is 4.95. The highest BCUT2D eigenvalue weighted by Crippen LogP contribution is 2.46. The molecular formula is C27H34N2O4Si. The fraction of sp³-hybridized carbons (Fsp3) is 0.407. The van der Waals surface area contributed by atoms with Crippen molar-refractivity contribution in [2.24, 2.45) is 5.92 Å². The first-order chi connectivity index (χ1) is 16.2. The molecule has 2 aromatic carbocycles. The Morgan fingerprint density at radius 1 is 1.00 bits per heavy atom. The zero-order chi connectivity index (χ0) is 24.5. The van der Waals surface area contributed by atoms with Crippen molar-refractivity contribution in [2.75, 3.05) is 32.8 Å². The lowest BCUT2D eigenvalue weighted by Gasteiger charge is -2.24. The number of aliphatic hydroxyl groups is 1. The van der Waals surface area contributed by atoms with E-state index in [0.717, 1.165) is 11.1 Å². The zero-order valence-electron chi connectivity index (χ0n) is 20.4. The second-order valence-corrected chi connectivity index (χ2v) is 15.2. The van der Waals surface area contributed by atoms with Gasteiger partial charge in [0, 0.05) is 24.9 Å². The predicted octanol–water partition coefficient (Wildman–Crippen LogP) is 4.17. The predicted molar refractivity (Wildman–Crippen MR) is 136 cm³/mol. The molecule has 2 aromatic rings. The normalized spacial score (nSPS) is 16.7. The SMILES string of the molecule is CC1=C([Si](C)(C)C)C1CN(CC(=O)NCCO)C(=O)OCC1c2ccccc2-c2ccccc21. The van der Waals surface area contributed by atoms with Crippen LogP contribution in [0.3, 0.4) is 0 Å². The maximum atomic E-state index is 13.2. The van der Waals surface area contributed by atoms with Gasteiger partial charge in [-0.2, -0.15) is 0 Å². The molecule has 0 aliphatic heterocycles. The van der Waals surface area contributed by atoms with Crippen LogP contribution >= 0.6 is 0 Å². The van der Waals surface area contributed by atoms with Gasteiger partial charge in [0.25, 0.3) is 0 Å². The Bertz CT molecular complexity index is 1080. The van der Waals surface area contributed by atoms with E-state index in [1.165, 1.54) is 26.8 Å². The van der Waals surface area contributed by atoms with Crippen molar-refractivity contribution in [2.45, 2.75) is 32.5 Å². The minimum absolute atomic E-state index is 0.0280. The molecule has 180 valence electrons. The summed E-state index contributed by atoms with van der Waals surface area (Å²) in [4.78, 5) is 27.1. The lowest BCUT2D eigenvalue weighted by Crippen LogP contribution is -2.43. The molecule has 0 spiro atoms. The maximum absolute atomic E-state index is 13.2. The fourth-order valence-electron chi connectivity index (χ4n) is 5.27. The Hall–Kier alpha value is -2.90. The van der Waals surface area contributed by atoms with E-state index in [4.69, 9.17) is 9.84 Å². The summed E-state index contributed by atoms with van der Waals surface area (Å²) in [6.45, 7) is 9.65. The van der Waals surface area contributed by atoms with Crippen LogP contribution in [-0.4, -0.2) is 62.9 Å². The van der Waals surface area contributed by atoms with Crippen LogP contribution < -0.4 is 5.32 Å². The molecule has 7 heteroatoms. The molecular weight excluding hydrogens is 444 g/mol. The molecule has 0 saturated carbocycles. The van der Waals surface area contributed by atoms with Crippen molar-refractivity contribution in [3.8, 4) is 11.1 Å². The van der Waals surface area contributed by atoms with Crippen LogP contribution in [-0.2, 0) is 9.53 Å². The summed E-state index contributed by atoms with van der Waals surface area (Å²) >= 11 is 0. The van der Waals surface area contributed by atoms with Crippen molar-refractivity contribution in [3.63, 3.8) is 0 Å². The van der Waals surface area contributed by atoms with Gasteiger partial charge in [0.15, 0.2) is 0 Å². The lowest BCUT2D eigenvalue weighted by molar-refractivity contribution is -0.122. The van der Waals surface area contributed by atoms with E-state index in [1.807, 2.05) is 24.3 Å². The Balaban J connectivity index is 1.47. The van der Waals surface area contributed by atoms with Crippen molar-refractivity contribution < 1.29 is 19.4 Å². The van der Waals surface area contributed by atoms with Gasteiger partial charge in [-0.15, -0.1) is 0 Å². The number of carbonyl (C=O) groups is 2. The Morgan fingerprint density at radius 3 is 2.12 bits per heavy atom. The summed E-state index contributed by atoms with van der Waals surface area (Å²) in [5.74, 6) is -0.0899. The molecule has 2 aliphatic carbocycles. The summed E-state index contributed by atoms with van der Waals surface area (Å²) in [5, 5.41) is 13.1. The number of hydrogen-bond acceptors (Lipinski definition) is 4. The smallest absolute Gasteiger partial charge is 0.410 e. The third-order valence-electron chi connectivity index (χ3n) is 6.79. The van der Waals surface area contributed by atoms with Gasteiger partial charge >= 0.3 is 6.09 Å². The lowest BCUT2D eigenvalue weighted by atomic mass is 9.98. The number of amides is 2. The quantitative estimate of drug-likeness (QED) is 0.530. The molecule has 2 N–H and O–H groups in total. The number of aliphatic hydroxyl groups excluding tert-OH is 1. The first kappa shape index (κ1) is 24.2.